The zero-order valence-electron chi connectivity index (χ0n) is 10.4. The molecule has 0 aliphatic rings. The van der Waals surface area contributed by atoms with Crippen LogP contribution in [0.3, 0.4) is 0 Å². The predicted molar refractivity (Wildman–Crippen MR) is 62.5 cm³/mol. The van der Waals surface area contributed by atoms with Crippen molar-refractivity contribution in [3.63, 3.8) is 0 Å². The fourth-order valence-corrected chi connectivity index (χ4v) is 1.62. The number of rotatable bonds is 4. The number of carboxylic acids is 1. The molecule has 1 unspecified atom stereocenters. The molecule has 0 spiro atoms. The maximum Gasteiger partial charge on any atom is 0.326 e. The van der Waals surface area contributed by atoms with Crippen molar-refractivity contribution in [2.24, 2.45) is 13.0 Å². The lowest BCUT2D eigenvalue weighted by Crippen LogP contribution is -2.35. The Hall–Kier alpha value is -2.03. The standard InChI is InChI=1S/C11H16N4O2/c1-6(2)9(11(16)17)13-10-8(5-12)7(3)14-15(10)4/h6,9,13H,1-4H3,(H,16,17). The fourth-order valence-electron chi connectivity index (χ4n) is 1.62. The third-order valence-corrected chi connectivity index (χ3v) is 2.56. The van der Waals surface area contributed by atoms with Crippen LogP contribution < -0.4 is 5.32 Å². The Labute approximate surface area is 99.9 Å². The number of anilines is 1. The average Bonchev–Trinajstić information content (AvgIpc) is 2.48. The largest absolute Gasteiger partial charge is 0.480 e. The van der Waals surface area contributed by atoms with E-state index >= 15 is 0 Å². The molecular formula is C11H16N4O2. The highest BCUT2D eigenvalue weighted by molar-refractivity contribution is 5.78. The Morgan fingerprint density at radius 3 is 2.59 bits per heavy atom. The highest BCUT2D eigenvalue weighted by atomic mass is 16.4. The van der Waals surface area contributed by atoms with Gasteiger partial charge < -0.3 is 10.4 Å². The molecule has 0 bridgehead atoms. The Morgan fingerprint density at radius 2 is 2.18 bits per heavy atom. The van der Waals surface area contributed by atoms with Gasteiger partial charge >= 0.3 is 5.97 Å². The van der Waals surface area contributed by atoms with Gasteiger partial charge in [0.05, 0.1) is 5.69 Å². The van der Waals surface area contributed by atoms with Crippen LogP contribution in [0, 0.1) is 24.2 Å². The van der Waals surface area contributed by atoms with Gasteiger partial charge in [0.25, 0.3) is 0 Å². The van der Waals surface area contributed by atoms with Crippen LogP contribution in [0.1, 0.15) is 25.1 Å². The minimum absolute atomic E-state index is 0.0887. The Balaban J connectivity index is 3.10. The lowest BCUT2D eigenvalue weighted by molar-refractivity contribution is -0.138. The average molecular weight is 236 g/mol. The molecule has 17 heavy (non-hydrogen) atoms. The summed E-state index contributed by atoms with van der Waals surface area (Å²) >= 11 is 0. The molecule has 1 atom stereocenters. The lowest BCUT2D eigenvalue weighted by Gasteiger charge is -2.19. The SMILES string of the molecule is Cc1nn(C)c(NC(C(=O)O)C(C)C)c1C#N. The molecule has 92 valence electrons. The van der Waals surface area contributed by atoms with E-state index in [1.165, 1.54) is 4.68 Å². The van der Waals surface area contributed by atoms with E-state index in [9.17, 15) is 4.79 Å². The van der Waals surface area contributed by atoms with Crippen molar-refractivity contribution in [3.8, 4) is 6.07 Å². The van der Waals surface area contributed by atoms with Gasteiger partial charge in [0.1, 0.15) is 23.5 Å². The summed E-state index contributed by atoms with van der Waals surface area (Å²) in [6.45, 7) is 5.33. The van der Waals surface area contributed by atoms with E-state index in [4.69, 9.17) is 10.4 Å². The molecule has 0 aliphatic heterocycles. The van der Waals surface area contributed by atoms with Crippen LogP contribution in [0.2, 0.25) is 0 Å². The fraction of sp³-hybridized carbons (Fsp3) is 0.545. The minimum atomic E-state index is -0.942. The Bertz CT molecular complexity index is 471. The Morgan fingerprint density at radius 1 is 1.59 bits per heavy atom. The second kappa shape index (κ2) is 4.87. The maximum atomic E-state index is 11.1. The number of carboxylic acid groups (broad SMARTS) is 1. The van der Waals surface area contributed by atoms with Crippen molar-refractivity contribution in [1.29, 1.82) is 5.26 Å². The van der Waals surface area contributed by atoms with Crippen LogP contribution in [-0.4, -0.2) is 26.9 Å². The molecule has 1 rings (SSSR count). The molecule has 0 aliphatic carbocycles. The van der Waals surface area contributed by atoms with Gasteiger partial charge in [-0.15, -0.1) is 0 Å². The molecule has 6 heteroatoms. The first kappa shape index (κ1) is 13.0. The number of aryl methyl sites for hydroxylation is 2. The molecule has 1 aromatic rings. The summed E-state index contributed by atoms with van der Waals surface area (Å²) in [5.74, 6) is -0.580. The zero-order valence-corrected chi connectivity index (χ0v) is 10.4. The van der Waals surface area contributed by atoms with Crippen LogP contribution in [-0.2, 0) is 11.8 Å². The molecule has 0 saturated carbocycles. The van der Waals surface area contributed by atoms with Crippen molar-refractivity contribution in [2.45, 2.75) is 26.8 Å². The van der Waals surface area contributed by atoms with Crippen LogP contribution >= 0.6 is 0 Å². The summed E-state index contributed by atoms with van der Waals surface area (Å²) in [4.78, 5) is 11.1. The maximum absolute atomic E-state index is 11.1. The van der Waals surface area contributed by atoms with Gasteiger partial charge in [0, 0.05) is 7.05 Å². The van der Waals surface area contributed by atoms with Crippen molar-refractivity contribution >= 4 is 11.8 Å². The number of aromatic nitrogens is 2. The summed E-state index contributed by atoms with van der Waals surface area (Å²) in [5.41, 5.74) is 0.977. The number of hydrogen-bond donors (Lipinski definition) is 2. The van der Waals surface area contributed by atoms with Crippen molar-refractivity contribution in [1.82, 2.24) is 9.78 Å². The quantitative estimate of drug-likeness (QED) is 0.817. The predicted octanol–water partition coefficient (Wildman–Crippen LogP) is 1.12. The van der Waals surface area contributed by atoms with Gasteiger partial charge in [-0.1, -0.05) is 13.8 Å². The monoisotopic (exact) mass is 236 g/mol. The van der Waals surface area contributed by atoms with Gasteiger partial charge in [0.15, 0.2) is 0 Å². The normalized spacial score (nSPS) is 12.2. The lowest BCUT2D eigenvalue weighted by atomic mass is 10.0. The van der Waals surface area contributed by atoms with E-state index in [1.807, 2.05) is 6.07 Å². The topological polar surface area (TPSA) is 90.9 Å². The van der Waals surface area contributed by atoms with Crippen molar-refractivity contribution < 1.29 is 9.90 Å². The second-order valence-corrected chi connectivity index (χ2v) is 4.25. The van der Waals surface area contributed by atoms with E-state index in [0.29, 0.717) is 17.1 Å². The number of hydrogen-bond acceptors (Lipinski definition) is 4. The van der Waals surface area contributed by atoms with E-state index in [0.717, 1.165) is 0 Å². The second-order valence-electron chi connectivity index (χ2n) is 4.25. The Kier molecular flexibility index (Phi) is 3.73. The smallest absolute Gasteiger partial charge is 0.326 e. The van der Waals surface area contributed by atoms with Gasteiger partial charge in [-0.25, -0.2) is 4.79 Å². The number of nitriles is 1. The molecule has 2 N–H and O–H groups in total. The first-order chi connectivity index (χ1) is 7.88. The van der Waals surface area contributed by atoms with Crippen LogP contribution in [0.15, 0.2) is 0 Å². The van der Waals surface area contributed by atoms with E-state index < -0.39 is 12.0 Å². The van der Waals surface area contributed by atoms with E-state index in [-0.39, 0.29) is 5.92 Å². The summed E-state index contributed by atoms with van der Waals surface area (Å²) in [6.07, 6.45) is 0. The van der Waals surface area contributed by atoms with Gasteiger partial charge in [-0.05, 0) is 12.8 Å². The highest BCUT2D eigenvalue weighted by Gasteiger charge is 2.24. The van der Waals surface area contributed by atoms with E-state index in [2.05, 4.69) is 10.4 Å². The van der Waals surface area contributed by atoms with Gasteiger partial charge in [-0.2, -0.15) is 10.4 Å². The minimum Gasteiger partial charge on any atom is -0.480 e. The number of nitrogens with one attached hydrogen (secondary N) is 1. The van der Waals surface area contributed by atoms with Crippen molar-refractivity contribution in [2.75, 3.05) is 5.32 Å². The number of carbonyl (C=O) groups is 1. The van der Waals surface area contributed by atoms with E-state index in [1.54, 1.807) is 27.8 Å². The number of aliphatic carboxylic acids is 1. The molecule has 0 radical (unpaired) electrons. The first-order valence-corrected chi connectivity index (χ1v) is 5.31. The third-order valence-electron chi connectivity index (χ3n) is 2.56. The molecule has 0 fully saturated rings. The molecule has 1 heterocycles. The van der Waals surface area contributed by atoms with Crippen LogP contribution in [0.4, 0.5) is 5.82 Å². The highest BCUT2D eigenvalue weighted by Crippen LogP contribution is 2.20. The molecule has 0 aromatic carbocycles. The van der Waals surface area contributed by atoms with Gasteiger partial charge in [0.2, 0.25) is 0 Å². The van der Waals surface area contributed by atoms with Crippen LogP contribution in [0.25, 0.3) is 0 Å². The summed E-state index contributed by atoms with van der Waals surface area (Å²) in [5, 5.41) is 25.1. The molecule has 0 amide bonds. The zero-order chi connectivity index (χ0) is 13.2. The van der Waals surface area contributed by atoms with Crippen molar-refractivity contribution in [3.05, 3.63) is 11.3 Å². The molecule has 1 aromatic heterocycles. The van der Waals surface area contributed by atoms with Crippen LogP contribution in [0.5, 0.6) is 0 Å². The first-order valence-electron chi connectivity index (χ1n) is 5.31. The number of nitrogens with zero attached hydrogens (tertiary/aromatic N) is 3. The summed E-state index contributed by atoms with van der Waals surface area (Å²) in [6, 6.07) is 1.29. The molecular weight excluding hydrogens is 220 g/mol. The molecule has 6 nitrogen and oxygen atoms in total. The summed E-state index contributed by atoms with van der Waals surface area (Å²) in [7, 11) is 1.68. The summed E-state index contributed by atoms with van der Waals surface area (Å²) < 4.78 is 1.49. The third kappa shape index (κ3) is 2.56. The molecule has 0 saturated heterocycles. The van der Waals surface area contributed by atoms with Gasteiger partial charge in [-0.3, -0.25) is 4.68 Å².